The molecule has 1 aromatic rings. The Morgan fingerprint density at radius 1 is 1.00 bits per heavy atom. The highest BCUT2D eigenvalue weighted by Gasteiger charge is 1.88. The summed E-state index contributed by atoms with van der Waals surface area (Å²) in [5.74, 6) is 0. The number of unbranched alkanes of at least 4 members (excludes halogenated alkanes) is 3. The summed E-state index contributed by atoms with van der Waals surface area (Å²) >= 11 is 0. The molecule has 0 radical (unpaired) electrons. The summed E-state index contributed by atoms with van der Waals surface area (Å²) < 4.78 is 0. The van der Waals surface area contributed by atoms with Gasteiger partial charge in [-0.2, -0.15) is 0 Å². The van der Waals surface area contributed by atoms with Gasteiger partial charge in [-0.05, 0) is 31.5 Å². The Bertz CT molecular complexity index is 293. The molecule has 0 saturated heterocycles. The summed E-state index contributed by atoms with van der Waals surface area (Å²) in [4.78, 5) is 0. The van der Waals surface area contributed by atoms with Crippen LogP contribution < -0.4 is 11.1 Å². The van der Waals surface area contributed by atoms with Crippen molar-refractivity contribution in [3.63, 3.8) is 0 Å². The minimum absolute atomic E-state index is 0.827. The van der Waals surface area contributed by atoms with Crippen molar-refractivity contribution in [3.8, 4) is 0 Å². The van der Waals surface area contributed by atoms with E-state index in [1.807, 2.05) is 6.07 Å². The fourth-order valence-corrected chi connectivity index (χ4v) is 1.69. The van der Waals surface area contributed by atoms with Crippen LogP contribution in [0.1, 0.15) is 31.2 Å². The maximum Gasteiger partial charge on any atom is 0.0138 e. The van der Waals surface area contributed by atoms with Crippen molar-refractivity contribution < 1.29 is 0 Å². The lowest BCUT2D eigenvalue weighted by Crippen LogP contribution is -2.14. The molecule has 0 aromatic heterocycles. The minimum Gasteiger partial charge on any atom is -0.330 e. The highest BCUT2D eigenvalue weighted by atomic mass is 14.8. The van der Waals surface area contributed by atoms with E-state index in [-0.39, 0.29) is 0 Å². The number of nitrogens with one attached hydrogen (secondary N) is 1. The maximum absolute atomic E-state index is 5.44. The van der Waals surface area contributed by atoms with Gasteiger partial charge in [0.2, 0.25) is 0 Å². The van der Waals surface area contributed by atoms with Crippen molar-refractivity contribution in [1.29, 1.82) is 0 Å². The zero-order valence-electron chi connectivity index (χ0n) is 10.6. The molecule has 0 fully saturated rings. The Morgan fingerprint density at radius 3 is 2.53 bits per heavy atom. The van der Waals surface area contributed by atoms with Crippen LogP contribution in [0.15, 0.2) is 36.4 Å². The van der Waals surface area contributed by atoms with Crippen molar-refractivity contribution in [2.45, 2.75) is 25.7 Å². The van der Waals surface area contributed by atoms with E-state index in [1.165, 1.54) is 24.8 Å². The molecule has 0 heterocycles. The number of benzene rings is 1. The third-order valence-corrected chi connectivity index (χ3v) is 2.68. The largest absolute Gasteiger partial charge is 0.330 e. The van der Waals surface area contributed by atoms with Gasteiger partial charge >= 0.3 is 0 Å². The van der Waals surface area contributed by atoms with Gasteiger partial charge in [-0.15, -0.1) is 0 Å². The molecule has 2 nitrogen and oxygen atoms in total. The van der Waals surface area contributed by atoms with Gasteiger partial charge in [0.15, 0.2) is 0 Å². The van der Waals surface area contributed by atoms with Crippen LogP contribution >= 0.6 is 0 Å². The Hall–Kier alpha value is -1.12. The molecule has 0 unspecified atom stereocenters. The molecule has 0 aliphatic heterocycles. The van der Waals surface area contributed by atoms with Gasteiger partial charge in [0.1, 0.15) is 0 Å². The van der Waals surface area contributed by atoms with E-state index in [0.29, 0.717) is 0 Å². The third kappa shape index (κ3) is 7.72. The van der Waals surface area contributed by atoms with E-state index in [4.69, 9.17) is 5.73 Å². The Kier molecular flexibility index (Phi) is 8.25. The van der Waals surface area contributed by atoms with E-state index < -0.39 is 0 Å². The summed E-state index contributed by atoms with van der Waals surface area (Å²) in [5.41, 5.74) is 6.70. The first-order valence-corrected chi connectivity index (χ1v) is 6.56. The summed E-state index contributed by atoms with van der Waals surface area (Å²) in [6.07, 6.45) is 9.29. The number of hydrogen-bond donors (Lipinski definition) is 2. The topological polar surface area (TPSA) is 38.0 Å². The molecule has 0 bridgehead atoms. The smallest absolute Gasteiger partial charge is 0.0138 e. The van der Waals surface area contributed by atoms with Gasteiger partial charge in [0.05, 0.1) is 0 Å². The fourth-order valence-electron chi connectivity index (χ4n) is 1.69. The molecule has 0 aliphatic carbocycles. The van der Waals surface area contributed by atoms with E-state index in [2.05, 4.69) is 41.7 Å². The van der Waals surface area contributed by atoms with Gasteiger partial charge in [-0.25, -0.2) is 0 Å². The second kappa shape index (κ2) is 10.1. The second-order valence-corrected chi connectivity index (χ2v) is 4.22. The Morgan fingerprint density at radius 2 is 1.76 bits per heavy atom. The first kappa shape index (κ1) is 13.9. The lowest BCUT2D eigenvalue weighted by atomic mass is 10.2. The molecule has 0 spiro atoms. The molecule has 0 aliphatic rings. The third-order valence-electron chi connectivity index (χ3n) is 2.68. The van der Waals surface area contributed by atoms with Crippen molar-refractivity contribution >= 4 is 6.08 Å². The standard InChI is InChI=1S/C15H24N2/c16-12-6-1-2-7-13-17-14-8-11-15-9-4-3-5-10-15/h3-5,8-11,17H,1-2,6-7,12-14,16H2. The van der Waals surface area contributed by atoms with Crippen LogP contribution in [0.2, 0.25) is 0 Å². The molecule has 94 valence electrons. The summed E-state index contributed by atoms with van der Waals surface area (Å²) in [6.45, 7) is 2.88. The zero-order valence-corrected chi connectivity index (χ0v) is 10.6. The molecule has 1 rings (SSSR count). The predicted molar refractivity (Wildman–Crippen MR) is 75.9 cm³/mol. The first-order valence-electron chi connectivity index (χ1n) is 6.56. The monoisotopic (exact) mass is 232 g/mol. The van der Waals surface area contributed by atoms with Crippen LogP contribution in [0.5, 0.6) is 0 Å². The van der Waals surface area contributed by atoms with E-state index in [9.17, 15) is 0 Å². The quantitative estimate of drug-likeness (QED) is 0.643. The highest BCUT2D eigenvalue weighted by molar-refractivity contribution is 5.48. The average Bonchev–Trinajstić information content (AvgIpc) is 2.38. The normalized spacial score (nSPS) is 11.1. The minimum atomic E-state index is 0.827. The van der Waals surface area contributed by atoms with Crippen molar-refractivity contribution in [1.82, 2.24) is 5.32 Å². The predicted octanol–water partition coefficient (Wildman–Crippen LogP) is 2.81. The number of nitrogens with two attached hydrogens (primary N) is 1. The average molecular weight is 232 g/mol. The number of hydrogen-bond acceptors (Lipinski definition) is 2. The Labute approximate surface area is 105 Å². The molecule has 0 atom stereocenters. The zero-order chi connectivity index (χ0) is 12.2. The van der Waals surface area contributed by atoms with Crippen LogP contribution in [-0.4, -0.2) is 19.6 Å². The van der Waals surface area contributed by atoms with E-state index in [0.717, 1.165) is 26.1 Å². The van der Waals surface area contributed by atoms with Crippen LogP contribution in [0.3, 0.4) is 0 Å². The van der Waals surface area contributed by atoms with E-state index >= 15 is 0 Å². The van der Waals surface area contributed by atoms with Gasteiger partial charge in [-0.1, -0.05) is 55.3 Å². The summed E-state index contributed by atoms with van der Waals surface area (Å²) in [7, 11) is 0. The lowest BCUT2D eigenvalue weighted by Gasteiger charge is -2.01. The molecule has 3 N–H and O–H groups in total. The summed E-state index contributed by atoms with van der Waals surface area (Å²) in [6, 6.07) is 10.4. The van der Waals surface area contributed by atoms with Crippen molar-refractivity contribution in [3.05, 3.63) is 42.0 Å². The van der Waals surface area contributed by atoms with Crippen LogP contribution in [-0.2, 0) is 0 Å². The van der Waals surface area contributed by atoms with Crippen LogP contribution in [0.25, 0.3) is 6.08 Å². The molecule has 2 heteroatoms. The van der Waals surface area contributed by atoms with Crippen LogP contribution in [0, 0.1) is 0 Å². The van der Waals surface area contributed by atoms with Crippen molar-refractivity contribution in [2.24, 2.45) is 5.73 Å². The molecule has 1 aromatic carbocycles. The Balaban J connectivity index is 1.95. The molecular weight excluding hydrogens is 208 g/mol. The van der Waals surface area contributed by atoms with Crippen LogP contribution in [0.4, 0.5) is 0 Å². The van der Waals surface area contributed by atoms with Gasteiger partial charge < -0.3 is 11.1 Å². The van der Waals surface area contributed by atoms with Crippen molar-refractivity contribution in [2.75, 3.05) is 19.6 Å². The molecule has 17 heavy (non-hydrogen) atoms. The number of rotatable bonds is 9. The van der Waals surface area contributed by atoms with E-state index in [1.54, 1.807) is 0 Å². The second-order valence-electron chi connectivity index (χ2n) is 4.22. The first-order chi connectivity index (χ1) is 8.43. The lowest BCUT2D eigenvalue weighted by molar-refractivity contribution is 0.610. The van der Waals surface area contributed by atoms with Gasteiger partial charge in [-0.3, -0.25) is 0 Å². The fraction of sp³-hybridized carbons (Fsp3) is 0.467. The molecular formula is C15H24N2. The highest BCUT2D eigenvalue weighted by Crippen LogP contribution is 2.00. The SMILES string of the molecule is NCCCCCCNCC=Cc1ccccc1. The van der Waals surface area contributed by atoms with Gasteiger partial charge in [0, 0.05) is 6.54 Å². The maximum atomic E-state index is 5.44. The van der Waals surface area contributed by atoms with Gasteiger partial charge in [0.25, 0.3) is 0 Å². The molecule has 0 saturated carbocycles. The molecule has 0 amide bonds. The summed E-state index contributed by atoms with van der Waals surface area (Å²) in [5, 5.41) is 3.41.